The van der Waals surface area contributed by atoms with E-state index < -0.39 is 48.3 Å². The van der Waals surface area contributed by atoms with Gasteiger partial charge < -0.3 is 0 Å². The lowest BCUT2D eigenvalue weighted by Crippen LogP contribution is -2.39. The van der Waals surface area contributed by atoms with Crippen LogP contribution in [-0.2, 0) is 39.4 Å². The van der Waals surface area contributed by atoms with Gasteiger partial charge in [-0.25, -0.2) is 17.4 Å². The second-order valence-corrected chi connectivity index (χ2v) is 9.33. The maximum absolute atomic E-state index is 12.1. The van der Waals surface area contributed by atoms with Crippen molar-refractivity contribution in [2.24, 2.45) is 0 Å². The third-order valence-corrected chi connectivity index (χ3v) is 5.59. The zero-order chi connectivity index (χ0) is 20.0. The molecule has 0 amide bonds. The molecular formula is C11H17N2O10S3. The third kappa shape index (κ3) is 7.92. The van der Waals surface area contributed by atoms with Crippen LogP contribution >= 0.6 is 0 Å². The minimum absolute atomic E-state index is 0.0756. The van der Waals surface area contributed by atoms with Crippen LogP contribution in [0.4, 0.5) is 5.69 Å². The van der Waals surface area contributed by atoms with Crippen molar-refractivity contribution in [3.8, 4) is 0 Å². The number of hydrogen-bond donors (Lipinski definition) is 3. The molecule has 1 aromatic carbocycles. The minimum atomic E-state index is -4.77. The van der Waals surface area contributed by atoms with Gasteiger partial charge in [-0.15, -0.1) is 5.48 Å². The van der Waals surface area contributed by atoms with E-state index in [0.717, 1.165) is 6.07 Å². The van der Waals surface area contributed by atoms with Gasteiger partial charge in [-0.2, -0.15) is 16.8 Å². The Bertz CT molecular complexity index is 911. The highest BCUT2D eigenvalue weighted by Crippen LogP contribution is 2.17. The lowest BCUT2D eigenvalue weighted by Gasteiger charge is -2.14. The lowest BCUT2D eigenvalue weighted by atomic mass is 10.3. The molecule has 1 rings (SSSR count). The summed E-state index contributed by atoms with van der Waals surface area (Å²) in [5, 5.41) is 2.31. The first kappa shape index (κ1) is 22.7. The summed E-state index contributed by atoms with van der Waals surface area (Å²) in [4.78, 5) is 4.40. The third-order valence-electron chi connectivity index (χ3n) is 2.66. The second-order valence-electron chi connectivity index (χ2n) is 4.67. The standard InChI is InChI=1S/C11H17N2O10S3/c1-2-12-11(25(16,17)18)23-13-9-4-3-5-10(8-9)24(14,15)7-6-22-26(19,20)21/h3-5,8,11-12H,2,6-7H2,1H3,(H,16,17,18)(H,19,20,21). The first-order chi connectivity index (χ1) is 11.8. The van der Waals surface area contributed by atoms with Crippen LogP contribution < -0.4 is 10.8 Å². The Kier molecular flexibility index (Phi) is 7.90. The van der Waals surface area contributed by atoms with Gasteiger partial charge >= 0.3 is 20.5 Å². The number of nitrogens with one attached hydrogen (secondary N) is 1. The molecule has 1 aromatic rings. The summed E-state index contributed by atoms with van der Waals surface area (Å²) in [7, 11) is -13.4. The van der Waals surface area contributed by atoms with Gasteiger partial charge in [0.1, 0.15) is 0 Å². The lowest BCUT2D eigenvalue weighted by molar-refractivity contribution is 0.0208. The topological polar surface area (TPSA) is 187 Å². The van der Waals surface area contributed by atoms with Crippen molar-refractivity contribution < 1.29 is 43.4 Å². The van der Waals surface area contributed by atoms with Gasteiger partial charge in [0.05, 0.1) is 22.9 Å². The van der Waals surface area contributed by atoms with Crippen molar-refractivity contribution in [3.05, 3.63) is 24.3 Å². The molecule has 26 heavy (non-hydrogen) atoms. The molecule has 149 valence electrons. The Labute approximate surface area is 151 Å². The molecule has 0 aliphatic heterocycles. The Morgan fingerprint density at radius 3 is 2.35 bits per heavy atom. The maximum Gasteiger partial charge on any atom is 0.397 e. The van der Waals surface area contributed by atoms with E-state index in [1.54, 1.807) is 6.92 Å². The van der Waals surface area contributed by atoms with E-state index in [-0.39, 0.29) is 17.1 Å². The molecule has 0 spiro atoms. The summed E-state index contributed by atoms with van der Waals surface area (Å²) in [6.45, 7) is 0.899. The van der Waals surface area contributed by atoms with Gasteiger partial charge in [-0.05, 0) is 24.7 Å². The first-order valence-electron chi connectivity index (χ1n) is 6.86. The predicted molar refractivity (Wildman–Crippen MR) is 87.9 cm³/mol. The van der Waals surface area contributed by atoms with Crippen molar-refractivity contribution in [1.29, 1.82) is 0 Å². The molecule has 0 heterocycles. The minimum Gasteiger partial charge on any atom is -0.282 e. The summed E-state index contributed by atoms with van der Waals surface area (Å²) >= 11 is 0. The zero-order valence-corrected chi connectivity index (χ0v) is 15.8. The first-order valence-corrected chi connectivity index (χ1v) is 11.4. The second kappa shape index (κ2) is 9.05. The van der Waals surface area contributed by atoms with Crippen LogP contribution in [-0.4, -0.2) is 58.8 Å². The largest absolute Gasteiger partial charge is 0.397 e. The summed E-state index contributed by atoms with van der Waals surface area (Å²) in [6.07, 6.45) is 0. The Balaban J connectivity index is 2.84. The van der Waals surface area contributed by atoms with E-state index in [2.05, 4.69) is 19.8 Å². The zero-order valence-electron chi connectivity index (χ0n) is 13.3. The van der Waals surface area contributed by atoms with Gasteiger partial charge in [0.2, 0.25) is 0 Å². The summed E-state index contributed by atoms with van der Waals surface area (Å²) in [6, 6.07) is 4.82. The van der Waals surface area contributed by atoms with Crippen LogP contribution in [0.1, 0.15) is 6.92 Å². The molecule has 0 saturated heterocycles. The molecule has 0 aliphatic rings. The van der Waals surface area contributed by atoms with E-state index in [4.69, 9.17) is 9.11 Å². The van der Waals surface area contributed by atoms with Gasteiger partial charge in [-0.1, -0.05) is 13.0 Å². The van der Waals surface area contributed by atoms with Crippen molar-refractivity contribution in [2.45, 2.75) is 17.4 Å². The number of hydrogen-bond acceptors (Lipinski definition) is 9. The smallest absolute Gasteiger partial charge is 0.282 e. The molecule has 1 unspecified atom stereocenters. The van der Waals surface area contributed by atoms with E-state index in [0.29, 0.717) is 0 Å². The van der Waals surface area contributed by atoms with E-state index >= 15 is 0 Å². The summed E-state index contributed by atoms with van der Waals surface area (Å²) < 4.78 is 88.5. The molecule has 0 bridgehead atoms. The van der Waals surface area contributed by atoms with E-state index in [1.807, 2.05) is 0 Å². The average molecular weight is 433 g/mol. The summed E-state index contributed by atoms with van der Waals surface area (Å²) in [5.74, 6) is -0.748. The van der Waals surface area contributed by atoms with Crippen molar-refractivity contribution in [3.63, 3.8) is 0 Å². The summed E-state index contributed by atoms with van der Waals surface area (Å²) in [5.41, 5.74) is 1.54. The van der Waals surface area contributed by atoms with Crippen LogP contribution in [0.3, 0.4) is 0 Å². The van der Waals surface area contributed by atoms with Crippen molar-refractivity contribution >= 4 is 36.0 Å². The van der Waals surface area contributed by atoms with Crippen molar-refractivity contribution in [1.82, 2.24) is 10.8 Å². The Morgan fingerprint density at radius 1 is 1.15 bits per heavy atom. The van der Waals surface area contributed by atoms with Crippen LogP contribution in [0.15, 0.2) is 29.2 Å². The molecule has 0 aliphatic carbocycles. The van der Waals surface area contributed by atoms with Crippen molar-refractivity contribution in [2.75, 3.05) is 18.9 Å². The highest BCUT2D eigenvalue weighted by molar-refractivity contribution is 7.91. The number of benzene rings is 1. The normalized spacial score (nSPS) is 14.1. The van der Waals surface area contributed by atoms with Gasteiger partial charge in [0.25, 0.3) is 5.56 Å². The monoisotopic (exact) mass is 433 g/mol. The SMILES string of the molecule is CCNC(O[N]c1cccc(S(=O)(=O)CCOS(=O)(=O)O)c1)S(=O)(=O)O. The molecule has 0 fully saturated rings. The molecule has 1 atom stereocenters. The molecule has 12 nitrogen and oxygen atoms in total. The molecule has 3 N–H and O–H groups in total. The van der Waals surface area contributed by atoms with Gasteiger partial charge in [-0.3, -0.25) is 14.4 Å². The molecule has 0 saturated carbocycles. The number of sulfone groups is 1. The fourth-order valence-corrected chi connectivity index (χ4v) is 3.63. The van der Waals surface area contributed by atoms with Crippen LogP contribution in [0, 0.1) is 0 Å². The fourth-order valence-electron chi connectivity index (χ4n) is 1.57. The van der Waals surface area contributed by atoms with E-state index in [1.165, 1.54) is 18.2 Å². The molecule has 15 heteroatoms. The quantitative estimate of drug-likeness (QED) is 0.226. The van der Waals surface area contributed by atoms with Crippen LogP contribution in [0.5, 0.6) is 0 Å². The number of rotatable bonds is 11. The van der Waals surface area contributed by atoms with E-state index in [9.17, 15) is 25.3 Å². The highest BCUT2D eigenvalue weighted by Gasteiger charge is 2.24. The molecule has 1 radical (unpaired) electrons. The fraction of sp³-hybridized carbons (Fsp3) is 0.455. The number of nitrogens with zero attached hydrogens (tertiary/aromatic N) is 1. The Morgan fingerprint density at radius 2 is 1.81 bits per heavy atom. The predicted octanol–water partition coefficient (Wildman–Crippen LogP) is -0.772. The Hall–Kier alpha value is -1.33. The average Bonchev–Trinajstić information content (AvgIpc) is 2.49. The maximum atomic E-state index is 12.1. The molecule has 0 aromatic heterocycles. The highest BCUT2D eigenvalue weighted by atomic mass is 32.3. The van der Waals surface area contributed by atoms with Crippen LogP contribution in [0.25, 0.3) is 0 Å². The van der Waals surface area contributed by atoms with Gasteiger partial charge in [0, 0.05) is 0 Å². The van der Waals surface area contributed by atoms with Gasteiger partial charge in [0.15, 0.2) is 9.84 Å². The van der Waals surface area contributed by atoms with Crippen LogP contribution in [0.2, 0.25) is 0 Å². The molecular weight excluding hydrogens is 416 g/mol.